The highest BCUT2D eigenvalue weighted by molar-refractivity contribution is 6.10. The Bertz CT molecular complexity index is 343. The summed E-state index contributed by atoms with van der Waals surface area (Å²) in [6.45, 7) is 1.78. The topological polar surface area (TPSA) is 49.7 Å². The molecule has 4 nitrogen and oxygen atoms in total. The molecule has 2 aliphatic rings. The van der Waals surface area contributed by atoms with Crippen LogP contribution in [0.4, 0.5) is 0 Å². The third-order valence-electron chi connectivity index (χ3n) is 3.64. The van der Waals surface area contributed by atoms with E-state index in [2.05, 4.69) is 5.10 Å². The van der Waals surface area contributed by atoms with Crippen LogP contribution >= 0.6 is 0 Å². The van der Waals surface area contributed by atoms with Crippen molar-refractivity contribution in [2.45, 2.75) is 58.3 Å². The van der Waals surface area contributed by atoms with Gasteiger partial charge in [0.15, 0.2) is 0 Å². The van der Waals surface area contributed by atoms with Gasteiger partial charge in [-0.2, -0.15) is 10.1 Å². The first-order valence-electron chi connectivity index (χ1n) is 6.56. The fourth-order valence-corrected chi connectivity index (χ4v) is 2.66. The summed E-state index contributed by atoms with van der Waals surface area (Å²) in [5.74, 6) is 0.379. The van der Waals surface area contributed by atoms with Crippen molar-refractivity contribution in [1.29, 1.82) is 0 Å². The molecule has 0 aromatic carbocycles. The van der Waals surface area contributed by atoms with E-state index in [9.17, 15) is 9.59 Å². The molecule has 0 saturated heterocycles. The monoisotopic (exact) mass is 236 g/mol. The van der Waals surface area contributed by atoms with Gasteiger partial charge in [-0.25, -0.2) is 0 Å². The molecule has 2 rings (SSSR count). The van der Waals surface area contributed by atoms with Crippen LogP contribution < -0.4 is 0 Å². The summed E-state index contributed by atoms with van der Waals surface area (Å²) in [5, 5.41) is 5.05. The lowest BCUT2D eigenvalue weighted by molar-refractivity contribution is -0.143. The van der Waals surface area contributed by atoms with E-state index < -0.39 is 0 Å². The molecule has 17 heavy (non-hydrogen) atoms. The smallest absolute Gasteiger partial charge is 0.255 e. The Balaban J connectivity index is 1.79. The van der Waals surface area contributed by atoms with Gasteiger partial charge in [0, 0.05) is 12.1 Å². The van der Waals surface area contributed by atoms with E-state index in [0.717, 1.165) is 17.1 Å². The first-order valence-corrected chi connectivity index (χ1v) is 6.56. The zero-order valence-electron chi connectivity index (χ0n) is 10.4. The zero-order chi connectivity index (χ0) is 12.3. The van der Waals surface area contributed by atoms with Gasteiger partial charge in [0.25, 0.3) is 5.91 Å². The molecular weight excluding hydrogens is 216 g/mol. The van der Waals surface area contributed by atoms with Crippen molar-refractivity contribution in [1.82, 2.24) is 5.01 Å². The standard InChI is InChI=1S/C13H20N2O2/c1-10-9-13(17)15(14-10)12(16)8-7-11-5-3-2-4-6-11/h11H,2-9H2,1H3. The quantitative estimate of drug-likeness (QED) is 0.755. The fourth-order valence-electron chi connectivity index (χ4n) is 2.66. The number of hydrogen-bond donors (Lipinski definition) is 0. The van der Waals surface area contributed by atoms with Crippen molar-refractivity contribution in [2.24, 2.45) is 11.0 Å². The van der Waals surface area contributed by atoms with Gasteiger partial charge in [0.05, 0.1) is 6.42 Å². The predicted molar refractivity (Wildman–Crippen MR) is 65.4 cm³/mol. The van der Waals surface area contributed by atoms with E-state index in [4.69, 9.17) is 0 Å². The summed E-state index contributed by atoms with van der Waals surface area (Å²) in [5.41, 5.74) is 0.737. The highest BCUT2D eigenvalue weighted by Crippen LogP contribution is 2.27. The third-order valence-corrected chi connectivity index (χ3v) is 3.64. The summed E-state index contributed by atoms with van der Waals surface area (Å²) < 4.78 is 0. The van der Waals surface area contributed by atoms with E-state index in [1.807, 2.05) is 0 Å². The molecule has 2 amide bonds. The van der Waals surface area contributed by atoms with Crippen LogP contribution in [0, 0.1) is 5.92 Å². The predicted octanol–water partition coefficient (Wildman–Crippen LogP) is 2.48. The first-order chi connectivity index (χ1) is 8.16. The van der Waals surface area contributed by atoms with Gasteiger partial charge in [0.1, 0.15) is 0 Å². The van der Waals surface area contributed by atoms with Crippen LogP contribution in [0.1, 0.15) is 58.3 Å². The lowest BCUT2D eigenvalue weighted by Crippen LogP contribution is -2.28. The minimum atomic E-state index is -0.170. The van der Waals surface area contributed by atoms with Crippen LogP contribution in [0.2, 0.25) is 0 Å². The minimum Gasteiger partial charge on any atom is -0.272 e. The van der Waals surface area contributed by atoms with Crippen molar-refractivity contribution in [3.05, 3.63) is 0 Å². The number of carbonyl (C=O) groups excluding carboxylic acids is 2. The second kappa shape index (κ2) is 5.43. The summed E-state index contributed by atoms with van der Waals surface area (Å²) >= 11 is 0. The van der Waals surface area contributed by atoms with Gasteiger partial charge >= 0.3 is 0 Å². The van der Waals surface area contributed by atoms with E-state index in [1.54, 1.807) is 6.92 Å². The van der Waals surface area contributed by atoms with Crippen LogP contribution in [0.15, 0.2) is 5.10 Å². The number of hydrogen-bond acceptors (Lipinski definition) is 3. The highest BCUT2D eigenvalue weighted by Gasteiger charge is 2.27. The Labute approximate surface area is 102 Å². The first kappa shape index (κ1) is 12.3. The van der Waals surface area contributed by atoms with Crippen molar-refractivity contribution in [3.8, 4) is 0 Å². The molecule has 1 aliphatic heterocycles. The maximum absolute atomic E-state index is 11.8. The molecule has 0 N–H and O–H groups in total. The molecule has 0 spiro atoms. The average molecular weight is 236 g/mol. The lowest BCUT2D eigenvalue weighted by atomic mass is 9.86. The molecule has 0 atom stereocenters. The van der Waals surface area contributed by atoms with Gasteiger partial charge < -0.3 is 0 Å². The minimum absolute atomic E-state index is 0.127. The molecule has 1 saturated carbocycles. The van der Waals surface area contributed by atoms with Crippen LogP contribution in [-0.4, -0.2) is 22.5 Å². The summed E-state index contributed by atoms with van der Waals surface area (Å²) in [4.78, 5) is 23.3. The molecule has 0 aromatic rings. The number of rotatable bonds is 3. The number of nitrogens with zero attached hydrogens (tertiary/aromatic N) is 2. The third kappa shape index (κ3) is 3.14. The molecule has 1 heterocycles. The SMILES string of the molecule is CC1=NN(C(=O)CCC2CCCCC2)C(=O)C1. The second-order valence-electron chi connectivity index (χ2n) is 5.15. The number of carbonyl (C=O) groups is 2. The van der Waals surface area contributed by atoms with E-state index in [0.29, 0.717) is 18.8 Å². The molecule has 1 fully saturated rings. The molecule has 94 valence electrons. The molecule has 4 heteroatoms. The van der Waals surface area contributed by atoms with Gasteiger partial charge in [0.2, 0.25) is 5.91 Å². The molecular formula is C13H20N2O2. The number of amides is 2. The van der Waals surface area contributed by atoms with E-state index in [-0.39, 0.29) is 11.8 Å². The maximum atomic E-state index is 11.8. The fraction of sp³-hybridized carbons (Fsp3) is 0.769. The normalized spacial score (nSPS) is 21.8. The summed E-state index contributed by atoms with van der Waals surface area (Å²) in [7, 11) is 0. The van der Waals surface area contributed by atoms with Crippen LogP contribution in [-0.2, 0) is 9.59 Å². The highest BCUT2D eigenvalue weighted by atomic mass is 16.2. The zero-order valence-corrected chi connectivity index (χ0v) is 10.4. The van der Waals surface area contributed by atoms with Crippen molar-refractivity contribution in [2.75, 3.05) is 0 Å². The van der Waals surface area contributed by atoms with E-state index >= 15 is 0 Å². The van der Waals surface area contributed by atoms with Crippen molar-refractivity contribution < 1.29 is 9.59 Å². The van der Waals surface area contributed by atoms with E-state index in [1.165, 1.54) is 32.1 Å². The Morgan fingerprint density at radius 1 is 1.35 bits per heavy atom. The average Bonchev–Trinajstić information content (AvgIpc) is 2.67. The Hall–Kier alpha value is -1.19. The number of hydrazone groups is 1. The molecule has 0 radical (unpaired) electrons. The van der Waals surface area contributed by atoms with Crippen molar-refractivity contribution >= 4 is 17.5 Å². The molecule has 0 bridgehead atoms. The van der Waals surface area contributed by atoms with Gasteiger partial charge in [-0.05, 0) is 19.3 Å². The van der Waals surface area contributed by atoms with Gasteiger partial charge in [-0.3, -0.25) is 9.59 Å². The second-order valence-corrected chi connectivity index (χ2v) is 5.15. The molecule has 1 aliphatic carbocycles. The largest absolute Gasteiger partial charge is 0.272 e. The summed E-state index contributed by atoms with van der Waals surface area (Å²) in [6.07, 6.45) is 8.07. The Morgan fingerprint density at radius 3 is 2.65 bits per heavy atom. The van der Waals surface area contributed by atoms with Gasteiger partial charge in [-0.15, -0.1) is 0 Å². The maximum Gasteiger partial charge on any atom is 0.255 e. The van der Waals surface area contributed by atoms with Crippen LogP contribution in [0.5, 0.6) is 0 Å². The Kier molecular flexibility index (Phi) is 3.92. The molecule has 0 aromatic heterocycles. The molecule has 0 unspecified atom stereocenters. The van der Waals surface area contributed by atoms with Crippen molar-refractivity contribution in [3.63, 3.8) is 0 Å². The number of imide groups is 1. The van der Waals surface area contributed by atoms with Crippen LogP contribution in [0.25, 0.3) is 0 Å². The van der Waals surface area contributed by atoms with Gasteiger partial charge in [-0.1, -0.05) is 32.1 Å². The summed E-state index contributed by atoms with van der Waals surface area (Å²) in [6, 6.07) is 0. The lowest BCUT2D eigenvalue weighted by Gasteiger charge is -2.21. The van der Waals surface area contributed by atoms with Crippen LogP contribution in [0.3, 0.4) is 0 Å². The Morgan fingerprint density at radius 2 is 2.06 bits per heavy atom.